The van der Waals surface area contributed by atoms with Crippen LogP contribution in [0.3, 0.4) is 0 Å². The van der Waals surface area contributed by atoms with E-state index in [4.69, 9.17) is 19.9 Å². The molecule has 0 radical (unpaired) electrons. The van der Waals surface area contributed by atoms with E-state index in [0.717, 1.165) is 84.9 Å². The largest absolute Gasteiger partial charge is 0.294 e. The van der Waals surface area contributed by atoms with Crippen LogP contribution in [0.25, 0.3) is 54.9 Å². The lowest BCUT2D eigenvalue weighted by Crippen LogP contribution is -2.34. The molecule has 0 amide bonds. The van der Waals surface area contributed by atoms with Crippen LogP contribution in [-0.2, 0) is 5.41 Å². The van der Waals surface area contributed by atoms with Gasteiger partial charge in [0.1, 0.15) is 5.82 Å². The van der Waals surface area contributed by atoms with Crippen molar-refractivity contribution >= 4 is 60.8 Å². The van der Waals surface area contributed by atoms with Crippen molar-refractivity contribution in [1.82, 2.24) is 19.9 Å². The first-order valence-electron chi connectivity index (χ1n) is 22.0. The van der Waals surface area contributed by atoms with E-state index in [1.54, 1.807) is 11.1 Å². The molecule has 10 rings (SSSR count). The van der Waals surface area contributed by atoms with Gasteiger partial charge in [-0.3, -0.25) is 14.9 Å². The van der Waals surface area contributed by atoms with E-state index in [2.05, 4.69) is 141 Å². The van der Waals surface area contributed by atoms with Gasteiger partial charge in [0, 0.05) is 45.2 Å². The van der Waals surface area contributed by atoms with E-state index in [9.17, 15) is 0 Å². The minimum atomic E-state index is 0.131. The monoisotopic (exact) mass is 771 g/mol. The molecule has 0 fully saturated rings. The van der Waals surface area contributed by atoms with Crippen LogP contribution in [0.2, 0.25) is 0 Å². The fourth-order valence-corrected chi connectivity index (χ4v) is 10.7. The Morgan fingerprint density at radius 2 is 1.44 bits per heavy atom. The summed E-state index contributed by atoms with van der Waals surface area (Å²) < 4.78 is 0. The van der Waals surface area contributed by atoms with Crippen molar-refractivity contribution in [3.05, 3.63) is 151 Å². The first-order valence-corrected chi connectivity index (χ1v) is 22.0. The third kappa shape index (κ3) is 6.46. The van der Waals surface area contributed by atoms with E-state index in [-0.39, 0.29) is 5.41 Å². The Balaban J connectivity index is 1.23. The number of allylic oxidation sites excluding steroid dienone is 2. The van der Waals surface area contributed by atoms with Crippen LogP contribution in [0, 0.1) is 11.8 Å². The summed E-state index contributed by atoms with van der Waals surface area (Å²) in [5.74, 6) is 2.76. The molecule has 4 aromatic carbocycles. The maximum atomic E-state index is 5.67. The SMILES string of the molecule is CCCCCC1(CC[C@H](C)CC)c2cc(N(c3cccc(-c4c5ccccc5nc5ccccc45)n3)c3cc4cccnc4c4ncccc34)ccc2C2CC=CCC21. The summed E-state index contributed by atoms with van der Waals surface area (Å²) >= 11 is 0. The molecule has 0 N–H and O–H groups in total. The van der Waals surface area contributed by atoms with Gasteiger partial charge in [0.25, 0.3) is 0 Å². The molecule has 8 aromatic rings. The molecule has 0 aliphatic heterocycles. The second-order valence-corrected chi connectivity index (χ2v) is 17.2. The van der Waals surface area contributed by atoms with Crippen LogP contribution >= 0.6 is 0 Å². The number of rotatable bonds is 12. The van der Waals surface area contributed by atoms with Gasteiger partial charge in [-0.25, -0.2) is 9.97 Å². The van der Waals surface area contributed by atoms with Gasteiger partial charge < -0.3 is 0 Å². The minimum Gasteiger partial charge on any atom is -0.294 e. The lowest BCUT2D eigenvalue weighted by molar-refractivity contribution is 0.200. The van der Waals surface area contributed by atoms with Crippen molar-refractivity contribution in [3.8, 4) is 11.3 Å². The fourth-order valence-electron chi connectivity index (χ4n) is 10.7. The Bertz CT molecular complexity index is 2810. The van der Waals surface area contributed by atoms with Crippen LogP contribution in [0.1, 0.15) is 95.6 Å². The number of hydrogen-bond donors (Lipinski definition) is 0. The second kappa shape index (κ2) is 15.7. The molecule has 5 nitrogen and oxygen atoms in total. The molecule has 4 heterocycles. The second-order valence-electron chi connectivity index (χ2n) is 17.2. The molecule has 5 heteroatoms. The quantitative estimate of drug-likeness (QED) is 0.0536. The Hall–Kier alpha value is -5.94. The first-order chi connectivity index (χ1) is 29.1. The van der Waals surface area contributed by atoms with Gasteiger partial charge in [0.15, 0.2) is 0 Å². The zero-order chi connectivity index (χ0) is 39.9. The summed E-state index contributed by atoms with van der Waals surface area (Å²) in [7, 11) is 0. The average molecular weight is 772 g/mol. The minimum absolute atomic E-state index is 0.131. The Kier molecular flexibility index (Phi) is 9.92. The maximum Gasteiger partial charge on any atom is 0.138 e. The highest BCUT2D eigenvalue weighted by Crippen LogP contribution is 2.60. The van der Waals surface area contributed by atoms with Gasteiger partial charge >= 0.3 is 0 Å². The number of para-hydroxylation sites is 2. The number of aromatic nitrogens is 4. The van der Waals surface area contributed by atoms with Gasteiger partial charge in [-0.2, -0.15) is 0 Å². The fraction of sp³-hybridized carbons (Fsp3) is 0.296. The van der Waals surface area contributed by atoms with Crippen molar-refractivity contribution in [1.29, 1.82) is 0 Å². The third-order valence-corrected chi connectivity index (χ3v) is 13.9. The Labute approximate surface area is 348 Å². The number of benzene rings is 4. The highest BCUT2D eigenvalue weighted by molar-refractivity contribution is 6.12. The van der Waals surface area contributed by atoms with Crippen LogP contribution < -0.4 is 4.90 Å². The van der Waals surface area contributed by atoms with E-state index >= 15 is 0 Å². The van der Waals surface area contributed by atoms with Crippen molar-refractivity contribution < 1.29 is 0 Å². The Morgan fingerprint density at radius 3 is 2.24 bits per heavy atom. The van der Waals surface area contributed by atoms with E-state index < -0.39 is 0 Å². The summed E-state index contributed by atoms with van der Waals surface area (Å²) in [6.07, 6.45) is 19.7. The van der Waals surface area contributed by atoms with Gasteiger partial charge in [-0.15, -0.1) is 0 Å². The molecule has 4 aromatic heterocycles. The molecular formula is C54H53N5. The van der Waals surface area contributed by atoms with E-state index in [0.29, 0.717) is 17.8 Å². The van der Waals surface area contributed by atoms with Crippen LogP contribution in [0.4, 0.5) is 17.2 Å². The van der Waals surface area contributed by atoms with Crippen LogP contribution in [0.15, 0.2) is 140 Å². The molecule has 0 spiro atoms. The predicted molar refractivity (Wildman–Crippen MR) is 247 cm³/mol. The van der Waals surface area contributed by atoms with Crippen molar-refractivity contribution in [3.63, 3.8) is 0 Å². The predicted octanol–water partition coefficient (Wildman–Crippen LogP) is 14.7. The number of nitrogens with zero attached hydrogens (tertiary/aromatic N) is 5. The van der Waals surface area contributed by atoms with Gasteiger partial charge in [0.05, 0.1) is 33.4 Å². The number of anilines is 3. The molecule has 2 aliphatic rings. The van der Waals surface area contributed by atoms with Crippen molar-refractivity contribution in [2.75, 3.05) is 4.90 Å². The van der Waals surface area contributed by atoms with Crippen molar-refractivity contribution in [2.24, 2.45) is 11.8 Å². The number of fused-ring (bicyclic) bond motifs is 8. The highest BCUT2D eigenvalue weighted by Gasteiger charge is 2.51. The molecule has 0 saturated heterocycles. The van der Waals surface area contributed by atoms with E-state index in [1.807, 2.05) is 24.5 Å². The molecule has 3 unspecified atom stereocenters. The number of pyridine rings is 4. The molecule has 294 valence electrons. The normalized spacial score (nSPS) is 19.0. The van der Waals surface area contributed by atoms with Gasteiger partial charge in [0.2, 0.25) is 0 Å². The molecular weight excluding hydrogens is 719 g/mol. The highest BCUT2D eigenvalue weighted by atomic mass is 15.2. The van der Waals surface area contributed by atoms with Crippen LogP contribution in [0.5, 0.6) is 0 Å². The summed E-state index contributed by atoms with van der Waals surface area (Å²) in [4.78, 5) is 23.0. The molecule has 0 saturated carbocycles. The number of unbranched alkanes of at least 4 members (excludes halogenated alkanes) is 2. The van der Waals surface area contributed by atoms with Gasteiger partial charge in [-0.1, -0.05) is 113 Å². The molecule has 59 heavy (non-hydrogen) atoms. The summed E-state index contributed by atoms with van der Waals surface area (Å²) in [5, 5.41) is 4.30. The zero-order valence-corrected chi connectivity index (χ0v) is 34.6. The summed E-state index contributed by atoms with van der Waals surface area (Å²) in [5.41, 5.74) is 11.2. The van der Waals surface area contributed by atoms with Crippen molar-refractivity contribution in [2.45, 2.75) is 89.9 Å². The van der Waals surface area contributed by atoms with E-state index in [1.165, 1.54) is 44.9 Å². The van der Waals surface area contributed by atoms with Gasteiger partial charge in [-0.05, 0) is 127 Å². The average Bonchev–Trinajstić information content (AvgIpc) is 3.56. The summed E-state index contributed by atoms with van der Waals surface area (Å²) in [6.45, 7) is 7.15. The topological polar surface area (TPSA) is 54.8 Å². The summed E-state index contributed by atoms with van der Waals surface area (Å²) in [6, 6.07) is 41.6. The molecule has 2 aliphatic carbocycles. The van der Waals surface area contributed by atoms with Crippen LogP contribution in [-0.4, -0.2) is 19.9 Å². The maximum absolute atomic E-state index is 5.67. The number of hydrogen-bond acceptors (Lipinski definition) is 5. The molecule has 0 bridgehead atoms. The first kappa shape index (κ1) is 37.3. The smallest absolute Gasteiger partial charge is 0.138 e. The third-order valence-electron chi connectivity index (χ3n) is 13.9. The standard InChI is InChI=1S/C54H53N5/c1-4-6-13-30-54(31-29-36(3)5-2)44-22-10-7-18-39(44)40-28-27-38(35-45(40)54)59(49-34-37-17-15-32-55-52(37)53-43(49)21-16-33-56-53)50-26-14-25-48(58-50)51-41-19-8-11-23-46(41)57-47-24-12-9-20-42(47)51/h7-12,14-17,19-21,23-28,32-36,39,44H,4-6,13,18,22,29-31H2,1-3H3/t36-,39?,44?,54?/m1/s1. The molecule has 4 atom stereocenters. The lowest BCUT2D eigenvalue weighted by atomic mass is 9.63. The zero-order valence-electron chi connectivity index (χ0n) is 34.6. The lowest BCUT2D eigenvalue weighted by Gasteiger charge is -2.41. The Morgan fingerprint density at radius 1 is 0.695 bits per heavy atom.